The Morgan fingerprint density at radius 1 is 0.778 bits per heavy atom. The molecule has 1 amide bonds. The van der Waals surface area contributed by atoms with Crippen LogP contribution in [0.2, 0.25) is 0 Å². The Kier molecular flexibility index (Phi) is 17.0. The van der Waals surface area contributed by atoms with Crippen LogP contribution in [0.15, 0.2) is 0 Å². The van der Waals surface area contributed by atoms with Crippen molar-refractivity contribution in [3.63, 3.8) is 0 Å². The van der Waals surface area contributed by atoms with Gasteiger partial charge in [0.15, 0.2) is 0 Å². The summed E-state index contributed by atoms with van der Waals surface area (Å²) >= 11 is 0. The first-order valence-corrected chi connectivity index (χ1v) is 10.9. The summed E-state index contributed by atoms with van der Waals surface area (Å²) in [6, 6.07) is -0.970. The number of nitrogens with one attached hydrogen (secondary N) is 1. The van der Waals surface area contributed by atoms with E-state index in [4.69, 9.17) is 0 Å². The molecule has 0 aliphatic heterocycles. The van der Waals surface area contributed by atoms with Gasteiger partial charge in [0.2, 0.25) is 5.91 Å². The van der Waals surface area contributed by atoms with Crippen molar-refractivity contribution in [3.05, 3.63) is 0 Å². The van der Waals surface area contributed by atoms with Crippen LogP contribution in [0.5, 0.6) is 0 Å². The Labute approximate surface area is 165 Å². The molecule has 6 heteroatoms. The predicted octanol–water partition coefficient (Wildman–Crippen LogP) is 2.66. The number of aliphatic hydroxyl groups is 4. The number of unbranched alkanes of at least 4 members (excludes halogenated alkanes) is 9. The normalized spacial score (nSPS) is 15.9. The average Bonchev–Trinajstić information content (AvgIpc) is 2.67. The van der Waals surface area contributed by atoms with E-state index < -0.39 is 36.9 Å². The minimum atomic E-state index is -1.24. The Morgan fingerprint density at radius 3 is 1.81 bits per heavy atom. The summed E-state index contributed by atoms with van der Waals surface area (Å²) in [5.74, 6) is -0.600. The second-order valence-electron chi connectivity index (χ2n) is 7.63. The molecule has 162 valence electrons. The first kappa shape index (κ1) is 26.3. The largest absolute Gasteiger partial charge is 0.394 e. The van der Waals surface area contributed by atoms with Gasteiger partial charge < -0.3 is 25.7 Å². The van der Waals surface area contributed by atoms with Crippen LogP contribution in [-0.2, 0) is 4.79 Å². The molecule has 0 saturated carbocycles. The maximum atomic E-state index is 12.1. The third kappa shape index (κ3) is 13.2. The van der Waals surface area contributed by atoms with Crippen molar-refractivity contribution < 1.29 is 25.2 Å². The monoisotopic (exact) mass is 389 g/mol. The molecule has 0 saturated heterocycles. The molecule has 0 aliphatic rings. The van der Waals surface area contributed by atoms with Gasteiger partial charge in [0, 0.05) is 0 Å². The number of hydrogen-bond donors (Lipinski definition) is 5. The zero-order valence-corrected chi connectivity index (χ0v) is 17.4. The van der Waals surface area contributed by atoms with E-state index in [-0.39, 0.29) is 0 Å². The number of carbonyl (C=O) groups is 1. The highest BCUT2D eigenvalue weighted by Crippen LogP contribution is 2.12. The van der Waals surface area contributed by atoms with Crippen LogP contribution < -0.4 is 5.32 Å². The fourth-order valence-electron chi connectivity index (χ4n) is 3.16. The molecule has 0 aliphatic carbocycles. The molecule has 0 heterocycles. The summed E-state index contributed by atoms with van der Waals surface area (Å²) in [5.41, 5.74) is 0. The molecular formula is C21H43NO5. The van der Waals surface area contributed by atoms with Crippen LogP contribution in [0.4, 0.5) is 0 Å². The molecule has 6 nitrogen and oxygen atoms in total. The predicted molar refractivity (Wildman–Crippen MR) is 108 cm³/mol. The summed E-state index contributed by atoms with van der Waals surface area (Å²) in [4.78, 5) is 12.1. The molecule has 5 N–H and O–H groups in total. The lowest BCUT2D eigenvalue weighted by atomic mass is 10.00. The molecule has 0 radical (unpaired) electrons. The summed E-state index contributed by atoms with van der Waals surface area (Å²) in [5, 5.41) is 42.0. The number of aliphatic hydroxyl groups excluding tert-OH is 4. The quantitative estimate of drug-likeness (QED) is 0.232. The standard InChI is InChI=1S/C21H43NO5/c1-3-5-7-8-9-10-11-13-15-19(25)21(27)22-17(16-23)20(26)18(24)14-12-6-4-2/h17-20,23-26H,3-16H2,1-2H3,(H,22,27). The molecule has 0 rings (SSSR count). The number of carbonyl (C=O) groups excluding carboxylic acids is 1. The smallest absolute Gasteiger partial charge is 0.249 e. The van der Waals surface area contributed by atoms with Crippen LogP contribution in [-0.4, -0.2) is 57.3 Å². The van der Waals surface area contributed by atoms with Gasteiger partial charge in [-0.2, -0.15) is 0 Å². The number of rotatable bonds is 18. The third-order valence-corrected chi connectivity index (χ3v) is 5.07. The third-order valence-electron chi connectivity index (χ3n) is 5.07. The molecule has 0 aromatic heterocycles. The summed E-state index contributed by atoms with van der Waals surface area (Å²) in [7, 11) is 0. The van der Waals surface area contributed by atoms with Crippen LogP contribution in [0, 0.1) is 0 Å². The Hall–Kier alpha value is -0.690. The van der Waals surface area contributed by atoms with Gasteiger partial charge in [0.05, 0.1) is 18.8 Å². The van der Waals surface area contributed by atoms with E-state index in [0.717, 1.165) is 38.5 Å². The van der Waals surface area contributed by atoms with E-state index >= 15 is 0 Å². The van der Waals surface area contributed by atoms with Crippen molar-refractivity contribution in [1.29, 1.82) is 0 Å². The average molecular weight is 390 g/mol. The van der Waals surface area contributed by atoms with Gasteiger partial charge in [-0.15, -0.1) is 0 Å². The van der Waals surface area contributed by atoms with Crippen LogP contribution in [0.3, 0.4) is 0 Å². The van der Waals surface area contributed by atoms with Gasteiger partial charge in [0.1, 0.15) is 12.2 Å². The topological polar surface area (TPSA) is 110 Å². The van der Waals surface area contributed by atoms with E-state index in [9.17, 15) is 25.2 Å². The maximum Gasteiger partial charge on any atom is 0.249 e. The van der Waals surface area contributed by atoms with Crippen LogP contribution in [0.1, 0.15) is 97.3 Å². The molecule has 0 spiro atoms. The van der Waals surface area contributed by atoms with E-state index in [1.807, 2.05) is 6.92 Å². The van der Waals surface area contributed by atoms with Crippen molar-refractivity contribution >= 4 is 5.91 Å². The highest BCUT2D eigenvalue weighted by molar-refractivity contribution is 5.80. The lowest BCUT2D eigenvalue weighted by Crippen LogP contribution is -2.53. The van der Waals surface area contributed by atoms with E-state index in [0.29, 0.717) is 12.8 Å². The Morgan fingerprint density at radius 2 is 1.26 bits per heavy atom. The summed E-state index contributed by atoms with van der Waals surface area (Å²) in [6.45, 7) is 3.76. The van der Waals surface area contributed by atoms with Crippen molar-refractivity contribution in [1.82, 2.24) is 5.32 Å². The second kappa shape index (κ2) is 17.4. The minimum absolute atomic E-state index is 0.369. The fraction of sp³-hybridized carbons (Fsp3) is 0.952. The molecule has 0 aromatic rings. The lowest BCUT2D eigenvalue weighted by molar-refractivity contribution is -0.132. The van der Waals surface area contributed by atoms with Crippen molar-refractivity contribution in [3.8, 4) is 0 Å². The first-order chi connectivity index (χ1) is 13.0. The van der Waals surface area contributed by atoms with Crippen molar-refractivity contribution in [2.75, 3.05) is 6.61 Å². The molecule has 0 fully saturated rings. The Bertz CT molecular complexity index is 353. The van der Waals surface area contributed by atoms with Gasteiger partial charge in [-0.05, 0) is 12.8 Å². The Balaban J connectivity index is 4.04. The fourth-order valence-corrected chi connectivity index (χ4v) is 3.16. The highest BCUT2D eigenvalue weighted by Gasteiger charge is 2.28. The van der Waals surface area contributed by atoms with E-state index in [2.05, 4.69) is 12.2 Å². The molecule has 27 heavy (non-hydrogen) atoms. The maximum absolute atomic E-state index is 12.1. The van der Waals surface area contributed by atoms with Gasteiger partial charge >= 0.3 is 0 Å². The van der Waals surface area contributed by atoms with Gasteiger partial charge in [0.25, 0.3) is 0 Å². The number of amides is 1. The molecule has 4 unspecified atom stereocenters. The van der Waals surface area contributed by atoms with Gasteiger partial charge in [-0.1, -0.05) is 84.5 Å². The first-order valence-electron chi connectivity index (χ1n) is 10.9. The summed E-state index contributed by atoms with van der Waals surface area (Å²) in [6.07, 6.45) is 9.23. The van der Waals surface area contributed by atoms with E-state index in [1.165, 1.54) is 32.1 Å². The lowest BCUT2D eigenvalue weighted by Gasteiger charge is -2.27. The molecule has 4 atom stereocenters. The molecule has 0 aromatic carbocycles. The van der Waals surface area contributed by atoms with Gasteiger partial charge in [-0.25, -0.2) is 0 Å². The van der Waals surface area contributed by atoms with Crippen molar-refractivity contribution in [2.24, 2.45) is 0 Å². The van der Waals surface area contributed by atoms with Crippen LogP contribution >= 0.6 is 0 Å². The summed E-state index contributed by atoms with van der Waals surface area (Å²) < 4.78 is 0. The zero-order valence-electron chi connectivity index (χ0n) is 17.4. The zero-order chi connectivity index (χ0) is 20.5. The second-order valence-corrected chi connectivity index (χ2v) is 7.63. The van der Waals surface area contributed by atoms with E-state index in [1.54, 1.807) is 0 Å². The molecular weight excluding hydrogens is 346 g/mol. The van der Waals surface area contributed by atoms with Crippen molar-refractivity contribution in [2.45, 2.75) is 122 Å². The van der Waals surface area contributed by atoms with Crippen LogP contribution in [0.25, 0.3) is 0 Å². The van der Waals surface area contributed by atoms with Gasteiger partial charge in [-0.3, -0.25) is 4.79 Å². The SMILES string of the molecule is CCCCCCCCCCC(O)C(=O)NC(CO)C(O)C(O)CCCCC. The molecule has 0 bridgehead atoms. The number of hydrogen-bond acceptors (Lipinski definition) is 5. The minimum Gasteiger partial charge on any atom is -0.394 e. The highest BCUT2D eigenvalue weighted by atomic mass is 16.3.